The van der Waals surface area contributed by atoms with E-state index in [2.05, 4.69) is 17.1 Å². The van der Waals surface area contributed by atoms with Crippen LogP contribution < -0.4 is 14.4 Å². The monoisotopic (exact) mass is 647 g/mol. The Morgan fingerprint density at radius 1 is 0.933 bits per heavy atom. The Bertz CT molecular complexity index is 1670. The Kier molecular flexibility index (Phi) is 10.9. The second kappa shape index (κ2) is 15.2. The van der Waals surface area contributed by atoms with Crippen molar-refractivity contribution in [3.8, 4) is 11.5 Å². The lowest BCUT2D eigenvalue weighted by Gasteiger charge is -2.23. The summed E-state index contributed by atoms with van der Waals surface area (Å²) in [5, 5.41) is 20.2. The van der Waals surface area contributed by atoms with Gasteiger partial charge in [-0.2, -0.15) is 0 Å². The smallest absolute Gasteiger partial charge is 0.301 e. The molecule has 45 heavy (non-hydrogen) atoms. The maximum atomic E-state index is 14.2. The van der Waals surface area contributed by atoms with E-state index in [1.807, 2.05) is 13.0 Å². The standard InChI is InChI=1S/C34H34FN3O5S2/c1-3-5-8-19-43-26-12-9-11-23(20-26)29-28(30(39)22-14-16-25(17-15-22)42-18-4-2)31(40)32(41)38(29)33-36-37-34(45-33)44-21-24-10-6-7-13-27(24)35/h6-7,9-17,20,29,39H,3-5,8,18-19,21H2,1-2H3. The molecule has 1 N–H and O–H groups in total. The minimum atomic E-state index is -0.988. The van der Waals surface area contributed by atoms with Gasteiger partial charge in [0.05, 0.1) is 24.8 Å². The number of nitrogens with zero attached hydrogens (tertiary/aromatic N) is 3. The summed E-state index contributed by atoms with van der Waals surface area (Å²) in [5.74, 6) is -0.760. The number of anilines is 1. The first-order valence-corrected chi connectivity index (χ1v) is 16.7. The minimum Gasteiger partial charge on any atom is -0.507 e. The number of aromatic nitrogens is 2. The van der Waals surface area contributed by atoms with Crippen molar-refractivity contribution in [1.29, 1.82) is 0 Å². The number of amides is 1. The quantitative estimate of drug-likeness (QED) is 0.0368. The number of halogens is 1. The molecular formula is C34H34FN3O5S2. The Balaban J connectivity index is 1.51. The lowest BCUT2D eigenvalue weighted by Crippen LogP contribution is -2.29. The van der Waals surface area contributed by atoms with Gasteiger partial charge in [0.25, 0.3) is 5.78 Å². The van der Waals surface area contributed by atoms with Gasteiger partial charge in [0.1, 0.15) is 23.1 Å². The predicted octanol–water partition coefficient (Wildman–Crippen LogP) is 7.95. The summed E-state index contributed by atoms with van der Waals surface area (Å²) in [4.78, 5) is 28.5. The van der Waals surface area contributed by atoms with E-state index >= 15 is 0 Å². The molecule has 1 amide bonds. The van der Waals surface area contributed by atoms with E-state index in [1.165, 1.54) is 22.7 Å². The van der Waals surface area contributed by atoms with Gasteiger partial charge >= 0.3 is 5.91 Å². The third-order valence-electron chi connectivity index (χ3n) is 7.15. The SMILES string of the molecule is CCCCCOc1cccc(C2C(=C(O)c3ccc(OCCC)cc3)C(=O)C(=O)N2c2nnc(SCc3ccccc3F)s2)c1. The molecule has 0 saturated carbocycles. The van der Waals surface area contributed by atoms with Crippen LogP contribution in [0.15, 0.2) is 82.7 Å². The summed E-state index contributed by atoms with van der Waals surface area (Å²) in [6, 6.07) is 19.4. The molecule has 1 unspecified atom stereocenters. The van der Waals surface area contributed by atoms with Crippen molar-refractivity contribution in [2.75, 3.05) is 18.1 Å². The summed E-state index contributed by atoms with van der Waals surface area (Å²) in [5.41, 5.74) is 1.39. The highest BCUT2D eigenvalue weighted by molar-refractivity contribution is 8.00. The Morgan fingerprint density at radius 3 is 2.47 bits per heavy atom. The van der Waals surface area contributed by atoms with Gasteiger partial charge < -0.3 is 14.6 Å². The van der Waals surface area contributed by atoms with Crippen molar-refractivity contribution < 1.29 is 28.6 Å². The number of hydrogen-bond acceptors (Lipinski definition) is 9. The van der Waals surface area contributed by atoms with Crippen LogP contribution in [0.1, 0.15) is 62.3 Å². The molecule has 1 aromatic heterocycles. The van der Waals surface area contributed by atoms with Crippen LogP contribution in [0.4, 0.5) is 9.52 Å². The van der Waals surface area contributed by atoms with Gasteiger partial charge in [0.15, 0.2) is 4.34 Å². The van der Waals surface area contributed by atoms with E-state index in [-0.39, 0.29) is 22.3 Å². The average Bonchev–Trinajstić information content (AvgIpc) is 3.63. The van der Waals surface area contributed by atoms with Gasteiger partial charge in [-0.25, -0.2) is 4.39 Å². The number of aliphatic hydroxyl groups excluding tert-OH is 1. The molecule has 2 heterocycles. The maximum absolute atomic E-state index is 14.2. The first-order chi connectivity index (χ1) is 21.9. The van der Waals surface area contributed by atoms with Crippen LogP contribution in [-0.4, -0.2) is 40.2 Å². The molecule has 0 spiro atoms. The molecule has 3 aromatic carbocycles. The highest BCUT2D eigenvalue weighted by Gasteiger charge is 2.48. The highest BCUT2D eigenvalue weighted by atomic mass is 32.2. The average molecular weight is 648 g/mol. The summed E-state index contributed by atoms with van der Waals surface area (Å²) >= 11 is 2.40. The van der Waals surface area contributed by atoms with Gasteiger partial charge in [-0.1, -0.05) is 80.1 Å². The molecule has 1 saturated heterocycles. The summed E-state index contributed by atoms with van der Waals surface area (Å²) < 4.78 is 26.3. The number of hydrogen-bond donors (Lipinski definition) is 1. The largest absolute Gasteiger partial charge is 0.507 e. The zero-order valence-corrected chi connectivity index (χ0v) is 26.7. The van der Waals surface area contributed by atoms with Gasteiger partial charge in [-0.05, 0) is 66.4 Å². The molecule has 0 radical (unpaired) electrons. The van der Waals surface area contributed by atoms with Crippen LogP contribution in [-0.2, 0) is 15.3 Å². The summed E-state index contributed by atoms with van der Waals surface area (Å²) in [6.45, 7) is 5.21. The second-order valence-electron chi connectivity index (χ2n) is 10.4. The van der Waals surface area contributed by atoms with Gasteiger partial charge in [0.2, 0.25) is 5.13 Å². The predicted molar refractivity (Wildman–Crippen MR) is 174 cm³/mol. The molecule has 1 atom stereocenters. The lowest BCUT2D eigenvalue weighted by molar-refractivity contribution is -0.132. The number of benzene rings is 3. The van der Waals surface area contributed by atoms with Gasteiger partial charge in [-0.15, -0.1) is 10.2 Å². The zero-order valence-electron chi connectivity index (χ0n) is 25.1. The van der Waals surface area contributed by atoms with Crippen LogP contribution >= 0.6 is 23.1 Å². The number of carbonyl (C=O) groups is 2. The fourth-order valence-electron chi connectivity index (χ4n) is 4.86. The molecule has 234 valence electrons. The van der Waals surface area contributed by atoms with Crippen molar-refractivity contribution in [3.05, 3.63) is 101 Å². The third kappa shape index (κ3) is 7.54. The first kappa shape index (κ1) is 32.2. The van der Waals surface area contributed by atoms with E-state index in [0.29, 0.717) is 51.5 Å². The normalized spacial score (nSPS) is 15.9. The molecule has 0 aliphatic carbocycles. The lowest BCUT2D eigenvalue weighted by atomic mass is 9.95. The van der Waals surface area contributed by atoms with Crippen LogP contribution in [0.25, 0.3) is 5.76 Å². The number of carbonyl (C=O) groups excluding carboxylic acids is 2. The third-order valence-corrected chi connectivity index (χ3v) is 9.25. The van der Waals surface area contributed by atoms with Crippen molar-refractivity contribution in [3.63, 3.8) is 0 Å². The van der Waals surface area contributed by atoms with E-state index in [1.54, 1.807) is 60.7 Å². The van der Waals surface area contributed by atoms with Crippen molar-refractivity contribution in [1.82, 2.24) is 10.2 Å². The van der Waals surface area contributed by atoms with Crippen molar-refractivity contribution in [2.24, 2.45) is 0 Å². The van der Waals surface area contributed by atoms with E-state index in [0.717, 1.165) is 37.0 Å². The Hall–Kier alpha value is -4.22. The molecule has 1 aliphatic heterocycles. The molecule has 11 heteroatoms. The van der Waals surface area contributed by atoms with Crippen LogP contribution in [0.5, 0.6) is 11.5 Å². The number of thioether (sulfide) groups is 1. The molecular weight excluding hydrogens is 614 g/mol. The fraction of sp³-hybridized carbons (Fsp3) is 0.294. The Labute approximate surface area is 269 Å². The minimum absolute atomic E-state index is 0.0684. The van der Waals surface area contributed by atoms with E-state index in [4.69, 9.17) is 9.47 Å². The number of aliphatic hydroxyl groups is 1. The topological polar surface area (TPSA) is 102 Å². The van der Waals surface area contributed by atoms with Gasteiger partial charge in [0, 0.05) is 11.3 Å². The number of rotatable bonds is 14. The van der Waals surface area contributed by atoms with Crippen LogP contribution in [0, 0.1) is 5.82 Å². The Morgan fingerprint density at radius 2 is 1.71 bits per heavy atom. The molecule has 1 fully saturated rings. The second-order valence-corrected chi connectivity index (χ2v) is 12.6. The number of unbranched alkanes of at least 4 members (excludes halogenated alkanes) is 2. The maximum Gasteiger partial charge on any atom is 0.301 e. The van der Waals surface area contributed by atoms with E-state index < -0.39 is 17.7 Å². The van der Waals surface area contributed by atoms with Gasteiger partial charge in [-0.3, -0.25) is 14.5 Å². The fourth-order valence-corrected chi connectivity index (χ4v) is 6.71. The van der Waals surface area contributed by atoms with Crippen LogP contribution in [0.2, 0.25) is 0 Å². The summed E-state index contributed by atoms with van der Waals surface area (Å²) in [7, 11) is 0. The van der Waals surface area contributed by atoms with Crippen molar-refractivity contribution in [2.45, 2.75) is 55.7 Å². The van der Waals surface area contributed by atoms with E-state index in [9.17, 15) is 19.1 Å². The van der Waals surface area contributed by atoms with Crippen LogP contribution in [0.3, 0.4) is 0 Å². The molecule has 5 rings (SSSR count). The molecule has 4 aromatic rings. The molecule has 1 aliphatic rings. The van der Waals surface area contributed by atoms with Crippen molar-refractivity contribution >= 4 is 45.7 Å². The summed E-state index contributed by atoms with van der Waals surface area (Å²) in [6.07, 6.45) is 3.85. The highest BCUT2D eigenvalue weighted by Crippen LogP contribution is 2.44. The number of Topliss-reactive ketones (excluding diaryl/α,β-unsaturated/α-hetero) is 1. The number of ether oxygens (including phenoxy) is 2. The zero-order chi connectivity index (χ0) is 31.8. The first-order valence-electron chi connectivity index (χ1n) is 14.9. The molecule has 8 nitrogen and oxygen atoms in total. The number of ketones is 1. The molecule has 0 bridgehead atoms.